The van der Waals surface area contributed by atoms with Crippen molar-refractivity contribution in [2.45, 2.75) is 32.2 Å². The van der Waals surface area contributed by atoms with Crippen LogP contribution in [-0.2, 0) is 14.3 Å². The van der Waals surface area contributed by atoms with Crippen molar-refractivity contribution in [3.8, 4) is 0 Å². The van der Waals surface area contributed by atoms with Gasteiger partial charge in [0.15, 0.2) is 0 Å². The van der Waals surface area contributed by atoms with Gasteiger partial charge in [0, 0.05) is 32.1 Å². The van der Waals surface area contributed by atoms with E-state index in [0.717, 1.165) is 0 Å². The van der Waals surface area contributed by atoms with Crippen molar-refractivity contribution in [3.63, 3.8) is 0 Å². The topological polar surface area (TPSA) is 79.0 Å². The largest absolute Gasteiger partial charge is 0.450 e. The van der Waals surface area contributed by atoms with E-state index in [1.165, 1.54) is 0 Å². The SMILES string of the molecule is CCOC(=O)N1CCC(NC(=O)[C@H]2CC(=O)N(c3ccccc3Cl)C2)CC1. The van der Waals surface area contributed by atoms with E-state index >= 15 is 0 Å². The molecule has 2 aliphatic rings. The van der Waals surface area contributed by atoms with E-state index in [1.807, 2.05) is 6.07 Å². The van der Waals surface area contributed by atoms with E-state index in [0.29, 0.717) is 49.8 Å². The van der Waals surface area contributed by atoms with Crippen molar-refractivity contribution in [1.82, 2.24) is 10.2 Å². The van der Waals surface area contributed by atoms with Gasteiger partial charge in [0.1, 0.15) is 0 Å². The van der Waals surface area contributed by atoms with Gasteiger partial charge in [-0.25, -0.2) is 4.79 Å². The Kier molecular flexibility index (Phi) is 6.21. The van der Waals surface area contributed by atoms with Crippen LogP contribution in [0.1, 0.15) is 26.2 Å². The van der Waals surface area contributed by atoms with Crippen LogP contribution in [-0.4, -0.2) is 55.1 Å². The second-order valence-corrected chi connectivity index (χ2v) is 7.23. The third kappa shape index (κ3) is 4.53. The molecule has 0 radical (unpaired) electrons. The van der Waals surface area contributed by atoms with E-state index in [2.05, 4.69) is 5.32 Å². The van der Waals surface area contributed by atoms with Crippen LogP contribution in [0.4, 0.5) is 10.5 Å². The minimum Gasteiger partial charge on any atom is -0.450 e. The smallest absolute Gasteiger partial charge is 0.409 e. The van der Waals surface area contributed by atoms with Gasteiger partial charge in [-0.2, -0.15) is 0 Å². The maximum absolute atomic E-state index is 12.6. The summed E-state index contributed by atoms with van der Waals surface area (Å²) in [7, 11) is 0. The number of ether oxygens (including phenoxy) is 1. The lowest BCUT2D eigenvalue weighted by Gasteiger charge is -2.32. The fourth-order valence-corrected chi connectivity index (χ4v) is 3.76. The van der Waals surface area contributed by atoms with Crippen LogP contribution in [0.5, 0.6) is 0 Å². The Morgan fingerprint density at radius 1 is 1.26 bits per heavy atom. The number of benzene rings is 1. The molecule has 1 N–H and O–H groups in total. The number of likely N-dealkylation sites (tertiary alicyclic amines) is 1. The lowest BCUT2D eigenvalue weighted by molar-refractivity contribution is -0.127. The predicted molar refractivity (Wildman–Crippen MR) is 102 cm³/mol. The number of piperidine rings is 1. The molecule has 0 aromatic heterocycles. The Balaban J connectivity index is 1.52. The summed E-state index contributed by atoms with van der Waals surface area (Å²) < 4.78 is 5.00. The van der Waals surface area contributed by atoms with Gasteiger partial charge in [0.25, 0.3) is 0 Å². The van der Waals surface area contributed by atoms with Crippen LogP contribution in [0, 0.1) is 5.92 Å². The van der Waals surface area contributed by atoms with Crippen molar-refractivity contribution in [3.05, 3.63) is 29.3 Å². The average Bonchev–Trinajstić information content (AvgIpc) is 3.04. The molecule has 3 rings (SSSR count). The molecule has 0 aliphatic carbocycles. The lowest BCUT2D eigenvalue weighted by atomic mass is 10.0. The summed E-state index contributed by atoms with van der Waals surface area (Å²) in [4.78, 5) is 39.9. The molecule has 1 atom stereocenters. The van der Waals surface area contributed by atoms with E-state index in [9.17, 15) is 14.4 Å². The van der Waals surface area contributed by atoms with E-state index in [1.54, 1.807) is 34.9 Å². The highest BCUT2D eigenvalue weighted by Gasteiger charge is 2.37. The monoisotopic (exact) mass is 393 g/mol. The number of carbonyl (C=O) groups is 3. The molecule has 27 heavy (non-hydrogen) atoms. The summed E-state index contributed by atoms with van der Waals surface area (Å²) in [6.07, 6.45) is 1.23. The average molecular weight is 394 g/mol. The van der Waals surface area contributed by atoms with Crippen molar-refractivity contribution < 1.29 is 19.1 Å². The summed E-state index contributed by atoms with van der Waals surface area (Å²) in [5.41, 5.74) is 0.641. The van der Waals surface area contributed by atoms with E-state index in [-0.39, 0.29) is 30.4 Å². The number of halogens is 1. The molecule has 8 heteroatoms. The third-order valence-electron chi connectivity index (χ3n) is 5.01. The molecule has 0 spiro atoms. The number of nitrogens with zero attached hydrogens (tertiary/aromatic N) is 2. The summed E-state index contributed by atoms with van der Waals surface area (Å²) in [5, 5.41) is 3.53. The molecular formula is C19H24ClN3O4. The maximum atomic E-state index is 12.6. The van der Waals surface area contributed by atoms with Crippen LogP contribution < -0.4 is 10.2 Å². The van der Waals surface area contributed by atoms with Crippen LogP contribution >= 0.6 is 11.6 Å². The Morgan fingerprint density at radius 2 is 1.96 bits per heavy atom. The minimum atomic E-state index is -0.392. The van der Waals surface area contributed by atoms with Crippen molar-refractivity contribution in [2.75, 3.05) is 31.1 Å². The summed E-state index contributed by atoms with van der Waals surface area (Å²) in [6, 6.07) is 7.14. The number of nitrogens with one attached hydrogen (secondary N) is 1. The first-order valence-electron chi connectivity index (χ1n) is 9.26. The van der Waals surface area contributed by atoms with Crippen molar-refractivity contribution in [2.24, 2.45) is 5.92 Å². The van der Waals surface area contributed by atoms with Gasteiger partial charge in [0.05, 0.1) is 23.2 Å². The number of rotatable bonds is 4. The highest BCUT2D eigenvalue weighted by atomic mass is 35.5. The number of hydrogen-bond acceptors (Lipinski definition) is 4. The Hall–Kier alpha value is -2.28. The standard InChI is InChI=1S/C19H24ClN3O4/c1-2-27-19(26)22-9-7-14(8-10-22)21-18(25)13-11-17(24)23(12-13)16-6-4-3-5-15(16)20/h3-6,13-14H,2,7-12H2,1H3,(H,21,25)/t13-/m0/s1. The van der Waals surface area contributed by atoms with Gasteiger partial charge in [-0.15, -0.1) is 0 Å². The van der Waals surface area contributed by atoms with Crippen molar-refractivity contribution >= 4 is 35.2 Å². The number of anilines is 1. The quantitative estimate of drug-likeness (QED) is 0.852. The minimum absolute atomic E-state index is 0.00708. The van der Waals surface area contributed by atoms with Gasteiger partial charge in [-0.1, -0.05) is 23.7 Å². The maximum Gasteiger partial charge on any atom is 0.409 e. The molecule has 0 saturated carbocycles. The first kappa shape index (κ1) is 19.5. The molecule has 2 saturated heterocycles. The first-order valence-corrected chi connectivity index (χ1v) is 9.64. The fraction of sp³-hybridized carbons (Fsp3) is 0.526. The Morgan fingerprint density at radius 3 is 2.63 bits per heavy atom. The third-order valence-corrected chi connectivity index (χ3v) is 5.33. The zero-order valence-corrected chi connectivity index (χ0v) is 16.1. The Bertz CT molecular complexity index is 719. The molecule has 0 unspecified atom stereocenters. The van der Waals surface area contributed by atoms with Crippen LogP contribution in [0.25, 0.3) is 0 Å². The number of amides is 3. The molecule has 2 heterocycles. The van der Waals surface area contributed by atoms with Crippen LogP contribution in [0.3, 0.4) is 0 Å². The fourth-order valence-electron chi connectivity index (χ4n) is 3.53. The lowest BCUT2D eigenvalue weighted by Crippen LogP contribution is -2.48. The molecule has 2 fully saturated rings. The highest BCUT2D eigenvalue weighted by molar-refractivity contribution is 6.33. The Labute approximate surface area is 163 Å². The zero-order valence-electron chi connectivity index (χ0n) is 15.3. The number of hydrogen-bond donors (Lipinski definition) is 1. The molecule has 2 aliphatic heterocycles. The molecule has 7 nitrogen and oxygen atoms in total. The molecule has 1 aromatic carbocycles. The molecule has 0 bridgehead atoms. The van der Waals surface area contributed by atoms with Crippen LogP contribution in [0.15, 0.2) is 24.3 Å². The molecule has 3 amide bonds. The van der Waals surface area contributed by atoms with Gasteiger partial charge in [-0.3, -0.25) is 9.59 Å². The summed E-state index contributed by atoms with van der Waals surface area (Å²) >= 11 is 6.18. The van der Waals surface area contributed by atoms with Crippen molar-refractivity contribution in [1.29, 1.82) is 0 Å². The molecule has 1 aromatic rings. The normalized spacial score (nSPS) is 20.7. The second kappa shape index (κ2) is 8.61. The zero-order chi connectivity index (χ0) is 19.4. The van der Waals surface area contributed by atoms with Crippen LogP contribution in [0.2, 0.25) is 5.02 Å². The van der Waals surface area contributed by atoms with Gasteiger partial charge < -0.3 is 19.9 Å². The number of para-hydroxylation sites is 1. The summed E-state index contributed by atoms with van der Waals surface area (Å²) in [6.45, 7) is 3.57. The first-order chi connectivity index (χ1) is 13.0. The number of carbonyl (C=O) groups excluding carboxylic acids is 3. The predicted octanol–water partition coefficient (Wildman–Crippen LogP) is 2.43. The highest BCUT2D eigenvalue weighted by Crippen LogP contribution is 2.31. The van der Waals surface area contributed by atoms with Gasteiger partial charge in [-0.05, 0) is 31.9 Å². The van der Waals surface area contributed by atoms with Gasteiger partial charge in [0.2, 0.25) is 11.8 Å². The van der Waals surface area contributed by atoms with E-state index in [4.69, 9.17) is 16.3 Å². The van der Waals surface area contributed by atoms with E-state index < -0.39 is 5.92 Å². The van der Waals surface area contributed by atoms with Gasteiger partial charge >= 0.3 is 6.09 Å². The molecule has 146 valence electrons. The second-order valence-electron chi connectivity index (χ2n) is 6.83. The molecular weight excluding hydrogens is 370 g/mol. The summed E-state index contributed by atoms with van der Waals surface area (Å²) in [5.74, 6) is -0.607.